The normalized spacial score (nSPS) is 17.9. The first-order chi connectivity index (χ1) is 10.4. The van der Waals surface area contributed by atoms with E-state index in [1.165, 1.54) is 0 Å². The summed E-state index contributed by atoms with van der Waals surface area (Å²) in [5.41, 5.74) is 0.918. The second-order valence-electron chi connectivity index (χ2n) is 4.25. The quantitative estimate of drug-likeness (QED) is 0.829. The SMILES string of the molecule is [2H]C([2H])([2H])C([2H])([2H])N(C)C(=O)Oc1cccc([C@H](C)N(C)C)c1. The molecular formula is C14H22N2O2. The number of benzene rings is 1. The van der Waals surface area contributed by atoms with Crippen LogP contribution in [0.2, 0.25) is 0 Å². The average Bonchev–Trinajstić information content (AvgIpc) is 2.44. The van der Waals surface area contributed by atoms with Gasteiger partial charge >= 0.3 is 6.09 Å². The van der Waals surface area contributed by atoms with E-state index in [2.05, 4.69) is 0 Å². The Kier molecular flexibility index (Phi) is 3.03. The molecule has 0 bridgehead atoms. The van der Waals surface area contributed by atoms with Crippen LogP contribution in [0.4, 0.5) is 4.79 Å². The second-order valence-corrected chi connectivity index (χ2v) is 4.25. The molecule has 0 saturated heterocycles. The smallest absolute Gasteiger partial charge is 0.410 e. The van der Waals surface area contributed by atoms with E-state index in [0.717, 1.165) is 12.6 Å². The van der Waals surface area contributed by atoms with E-state index in [-0.39, 0.29) is 11.8 Å². The number of carbonyl (C=O) groups excluding carboxylic acids is 1. The lowest BCUT2D eigenvalue weighted by molar-refractivity contribution is 0.165. The van der Waals surface area contributed by atoms with Crippen LogP contribution >= 0.6 is 0 Å². The molecule has 18 heavy (non-hydrogen) atoms. The molecule has 0 N–H and O–H groups in total. The van der Waals surface area contributed by atoms with Gasteiger partial charge in [-0.2, -0.15) is 0 Å². The minimum absolute atomic E-state index is 0.0974. The molecule has 0 saturated carbocycles. The first-order valence-corrected chi connectivity index (χ1v) is 5.60. The maximum Gasteiger partial charge on any atom is 0.414 e. The van der Waals surface area contributed by atoms with Crippen molar-refractivity contribution in [1.82, 2.24) is 9.80 Å². The van der Waals surface area contributed by atoms with Gasteiger partial charge in [-0.15, -0.1) is 0 Å². The van der Waals surface area contributed by atoms with Crippen molar-refractivity contribution in [2.24, 2.45) is 0 Å². The molecule has 4 nitrogen and oxygen atoms in total. The molecule has 0 radical (unpaired) electrons. The highest BCUT2D eigenvalue weighted by Crippen LogP contribution is 2.22. The molecule has 0 heterocycles. The van der Waals surface area contributed by atoms with Crippen molar-refractivity contribution in [3.05, 3.63) is 29.8 Å². The molecule has 1 amide bonds. The van der Waals surface area contributed by atoms with E-state index in [1.54, 1.807) is 18.2 Å². The van der Waals surface area contributed by atoms with Gasteiger partial charge in [-0.05, 0) is 45.6 Å². The molecule has 0 aromatic heterocycles. The summed E-state index contributed by atoms with van der Waals surface area (Å²) < 4.78 is 41.8. The number of hydrogen-bond donors (Lipinski definition) is 0. The molecule has 0 aliphatic heterocycles. The summed E-state index contributed by atoms with van der Waals surface area (Å²) >= 11 is 0. The number of amides is 1. The average molecular weight is 255 g/mol. The van der Waals surface area contributed by atoms with Crippen molar-refractivity contribution in [2.45, 2.75) is 19.8 Å². The van der Waals surface area contributed by atoms with Crippen molar-refractivity contribution in [1.29, 1.82) is 0 Å². The lowest BCUT2D eigenvalue weighted by Gasteiger charge is -2.21. The Morgan fingerprint density at radius 1 is 1.50 bits per heavy atom. The monoisotopic (exact) mass is 255 g/mol. The Bertz CT molecular complexity index is 560. The first kappa shape index (κ1) is 8.53. The first-order valence-electron chi connectivity index (χ1n) is 8.10. The van der Waals surface area contributed by atoms with E-state index >= 15 is 0 Å². The molecule has 4 heteroatoms. The van der Waals surface area contributed by atoms with E-state index in [0.29, 0.717) is 4.90 Å². The molecule has 0 aliphatic carbocycles. The predicted octanol–water partition coefficient (Wildman–Crippen LogP) is 2.76. The summed E-state index contributed by atoms with van der Waals surface area (Å²) in [4.78, 5) is 14.5. The molecule has 1 aromatic rings. The fourth-order valence-electron chi connectivity index (χ4n) is 1.35. The molecular weight excluding hydrogens is 228 g/mol. The van der Waals surface area contributed by atoms with Crippen molar-refractivity contribution in [3.63, 3.8) is 0 Å². The maximum absolute atomic E-state index is 12.0. The summed E-state index contributed by atoms with van der Waals surface area (Å²) in [5.74, 6) is 0.231. The number of rotatable bonds is 4. The van der Waals surface area contributed by atoms with Crippen molar-refractivity contribution >= 4 is 6.09 Å². The highest BCUT2D eigenvalue weighted by Gasteiger charge is 2.12. The van der Waals surface area contributed by atoms with Crippen LogP contribution in [-0.2, 0) is 0 Å². The van der Waals surface area contributed by atoms with Gasteiger partial charge in [0, 0.05) is 26.4 Å². The zero-order valence-corrected chi connectivity index (χ0v) is 11.1. The molecule has 1 rings (SSSR count). The topological polar surface area (TPSA) is 32.8 Å². The minimum atomic E-state index is -2.97. The molecule has 100 valence electrons. The van der Waals surface area contributed by atoms with Crippen LogP contribution in [0.1, 0.15) is 32.2 Å². The minimum Gasteiger partial charge on any atom is -0.410 e. The van der Waals surface area contributed by atoms with Gasteiger partial charge in [0.1, 0.15) is 5.75 Å². The second kappa shape index (κ2) is 6.40. The third kappa shape index (κ3) is 3.74. The highest BCUT2D eigenvalue weighted by atomic mass is 16.6. The van der Waals surface area contributed by atoms with Crippen LogP contribution in [0.25, 0.3) is 0 Å². The Hall–Kier alpha value is -1.55. The summed E-state index contributed by atoms with van der Waals surface area (Å²) in [6.07, 6.45) is -1.07. The molecule has 0 unspecified atom stereocenters. The van der Waals surface area contributed by atoms with E-state index in [1.807, 2.05) is 32.0 Å². The van der Waals surface area contributed by atoms with E-state index < -0.39 is 19.4 Å². The van der Waals surface area contributed by atoms with E-state index in [9.17, 15) is 4.79 Å². The Morgan fingerprint density at radius 2 is 2.22 bits per heavy atom. The third-order valence-electron chi connectivity index (χ3n) is 2.76. The van der Waals surface area contributed by atoms with Crippen LogP contribution in [0.5, 0.6) is 5.75 Å². The molecule has 0 fully saturated rings. The number of nitrogens with zero attached hydrogens (tertiary/aromatic N) is 2. The molecule has 1 aromatic carbocycles. The van der Waals surface area contributed by atoms with Crippen molar-refractivity contribution in [2.75, 3.05) is 27.6 Å². The largest absolute Gasteiger partial charge is 0.414 e. The number of hydrogen-bond acceptors (Lipinski definition) is 3. The summed E-state index contributed by atoms with van der Waals surface area (Å²) in [6, 6.07) is 6.92. The van der Waals surface area contributed by atoms with Crippen LogP contribution in [0.3, 0.4) is 0 Å². The van der Waals surface area contributed by atoms with Crippen LogP contribution < -0.4 is 4.74 Å². The van der Waals surface area contributed by atoms with Gasteiger partial charge in [-0.3, -0.25) is 0 Å². The van der Waals surface area contributed by atoms with E-state index in [4.69, 9.17) is 11.6 Å². The lowest BCUT2D eigenvalue weighted by atomic mass is 10.1. The molecule has 0 aliphatic rings. The summed E-state index contributed by atoms with van der Waals surface area (Å²) in [7, 11) is 4.89. The fraction of sp³-hybridized carbons (Fsp3) is 0.500. The molecule has 1 atom stereocenters. The van der Waals surface area contributed by atoms with Gasteiger partial charge in [0.05, 0.1) is 0 Å². The summed E-state index contributed by atoms with van der Waals surface area (Å²) in [5, 5.41) is 0. The van der Waals surface area contributed by atoms with Crippen LogP contribution in [-0.4, -0.2) is 43.5 Å². The van der Waals surface area contributed by atoms with Gasteiger partial charge < -0.3 is 14.5 Å². The van der Waals surface area contributed by atoms with Gasteiger partial charge in [-0.1, -0.05) is 12.1 Å². The standard InChI is InChI=1S/C14H22N2O2/c1-6-16(5)14(17)18-13-9-7-8-12(10-13)11(2)15(3)4/h7-11H,6H2,1-5H3/t11-/m0/s1/i1D3,6D2. The zero-order chi connectivity index (χ0) is 18.0. The third-order valence-corrected chi connectivity index (χ3v) is 2.76. The Morgan fingerprint density at radius 3 is 2.83 bits per heavy atom. The predicted molar refractivity (Wildman–Crippen MR) is 72.9 cm³/mol. The van der Waals surface area contributed by atoms with Crippen LogP contribution in [0, 0.1) is 0 Å². The lowest BCUT2D eigenvalue weighted by Crippen LogP contribution is -2.29. The zero-order valence-electron chi connectivity index (χ0n) is 16.1. The van der Waals surface area contributed by atoms with Crippen molar-refractivity contribution < 1.29 is 16.4 Å². The van der Waals surface area contributed by atoms with Crippen LogP contribution in [0.15, 0.2) is 24.3 Å². The van der Waals surface area contributed by atoms with Crippen molar-refractivity contribution in [3.8, 4) is 5.75 Å². The van der Waals surface area contributed by atoms with Gasteiger partial charge in [0.25, 0.3) is 0 Å². The Labute approximate surface area is 116 Å². The number of ether oxygens (including phenoxy) is 1. The number of carbonyl (C=O) groups is 1. The highest BCUT2D eigenvalue weighted by molar-refractivity contribution is 5.70. The molecule has 0 spiro atoms. The maximum atomic E-state index is 12.0. The summed E-state index contributed by atoms with van der Waals surface area (Å²) in [6.45, 7) is -3.80. The van der Waals surface area contributed by atoms with Gasteiger partial charge in [-0.25, -0.2) is 4.79 Å². The fourth-order valence-corrected chi connectivity index (χ4v) is 1.35. The van der Waals surface area contributed by atoms with Gasteiger partial charge in [0.15, 0.2) is 0 Å². The van der Waals surface area contributed by atoms with Gasteiger partial charge in [0.2, 0.25) is 0 Å². The Balaban J connectivity index is 2.92.